The standard InChI is InChI=1S/C19H23N/c1-20-19(17-13-8-14-17)18(15-9-4-2-5-10-15)16-11-6-3-7-12-16/h2-7,9-12,17-20H,8,13-14H2,1H3. The van der Waals surface area contributed by atoms with E-state index in [-0.39, 0.29) is 0 Å². The molecule has 1 nitrogen and oxygen atoms in total. The van der Waals surface area contributed by atoms with Crippen molar-refractivity contribution in [2.24, 2.45) is 5.92 Å². The first-order valence-electron chi connectivity index (χ1n) is 7.67. The number of hydrogen-bond acceptors (Lipinski definition) is 1. The molecule has 2 aromatic carbocycles. The van der Waals surface area contributed by atoms with Crippen molar-refractivity contribution in [3.8, 4) is 0 Å². The molecule has 0 radical (unpaired) electrons. The molecule has 0 saturated heterocycles. The number of likely N-dealkylation sites (N-methyl/N-ethyl adjacent to an activating group) is 1. The van der Waals surface area contributed by atoms with Gasteiger partial charge in [-0.3, -0.25) is 0 Å². The van der Waals surface area contributed by atoms with E-state index in [9.17, 15) is 0 Å². The topological polar surface area (TPSA) is 12.0 Å². The van der Waals surface area contributed by atoms with Crippen molar-refractivity contribution >= 4 is 0 Å². The third-order valence-corrected chi connectivity index (χ3v) is 4.67. The van der Waals surface area contributed by atoms with E-state index < -0.39 is 0 Å². The molecule has 3 rings (SSSR count). The van der Waals surface area contributed by atoms with Crippen LogP contribution in [0.4, 0.5) is 0 Å². The van der Waals surface area contributed by atoms with Gasteiger partial charge in [0.1, 0.15) is 0 Å². The number of rotatable bonds is 5. The van der Waals surface area contributed by atoms with Crippen LogP contribution in [-0.4, -0.2) is 13.1 Å². The van der Waals surface area contributed by atoms with Crippen LogP contribution in [0.15, 0.2) is 60.7 Å². The Morgan fingerprint density at radius 2 is 1.35 bits per heavy atom. The molecule has 0 bridgehead atoms. The zero-order chi connectivity index (χ0) is 13.8. The van der Waals surface area contributed by atoms with Gasteiger partial charge in [-0.05, 0) is 36.9 Å². The lowest BCUT2D eigenvalue weighted by Crippen LogP contribution is -2.42. The van der Waals surface area contributed by atoms with Crippen molar-refractivity contribution in [3.63, 3.8) is 0 Å². The first-order chi connectivity index (χ1) is 9.90. The fraction of sp³-hybridized carbons (Fsp3) is 0.368. The highest BCUT2D eigenvalue weighted by Gasteiger charge is 2.33. The molecule has 20 heavy (non-hydrogen) atoms. The monoisotopic (exact) mass is 265 g/mol. The first kappa shape index (κ1) is 13.4. The third kappa shape index (κ3) is 2.64. The highest BCUT2D eigenvalue weighted by molar-refractivity contribution is 5.34. The lowest BCUT2D eigenvalue weighted by molar-refractivity contribution is 0.222. The Bertz CT molecular complexity index is 476. The second-order valence-corrected chi connectivity index (χ2v) is 5.80. The summed E-state index contributed by atoms with van der Waals surface area (Å²) in [5, 5.41) is 3.60. The van der Waals surface area contributed by atoms with Crippen LogP contribution in [0.25, 0.3) is 0 Å². The Morgan fingerprint density at radius 3 is 1.70 bits per heavy atom. The molecule has 1 saturated carbocycles. The lowest BCUT2D eigenvalue weighted by Gasteiger charge is -2.39. The Kier molecular flexibility index (Phi) is 4.17. The number of hydrogen-bond donors (Lipinski definition) is 1. The van der Waals surface area contributed by atoms with E-state index in [0.29, 0.717) is 12.0 Å². The number of nitrogens with one attached hydrogen (secondary N) is 1. The van der Waals surface area contributed by atoms with Crippen molar-refractivity contribution in [1.29, 1.82) is 0 Å². The molecular formula is C19H23N. The van der Waals surface area contributed by atoms with E-state index in [1.54, 1.807) is 0 Å². The predicted octanol–water partition coefficient (Wildman–Crippen LogP) is 4.21. The third-order valence-electron chi connectivity index (χ3n) is 4.67. The average Bonchev–Trinajstić information content (AvgIpc) is 2.47. The van der Waals surface area contributed by atoms with Gasteiger partial charge in [0.25, 0.3) is 0 Å². The van der Waals surface area contributed by atoms with Crippen molar-refractivity contribution in [2.75, 3.05) is 7.05 Å². The van der Waals surface area contributed by atoms with Crippen LogP contribution in [0.3, 0.4) is 0 Å². The molecular weight excluding hydrogens is 242 g/mol. The van der Waals surface area contributed by atoms with Crippen LogP contribution < -0.4 is 5.32 Å². The maximum atomic E-state index is 3.60. The van der Waals surface area contributed by atoms with Gasteiger partial charge >= 0.3 is 0 Å². The quantitative estimate of drug-likeness (QED) is 0.854. The Morgan fingerprint density at radius 1 is 0.850 bits per heavy atom. The average molecular weight is 265 g/mol. The summed E-state index contributed by atoms with van der Waals surface area (Å²) >= 11 is 0. The summed E-state index contributed by atoms with van der Waals surface area (Å²) < 4.78 is 0. The highest BCUT2D eigenvalue weighted by atomic mass is 14.9. The van der Waals surface area contributed by atoms with Gasteiger partial charge in [0.15, 0.2) is 0 Å². The minimum Gasteiger partial charge on any atom is -0.316 e. The van der Waals surface area contributed by atoms with E-state index in [1.165, 1.54) is 30.4 Å². The molecule has 1 heteroatoms. The molecule has 0 aromatic heterocycles. The normalized spacial score (nSPS) is 16.9. The molecule has 0 aliphatic heterocycles. The minimum absolute atomic E-state index is 0.452. The number of benzene rings is 2. The molecule has 0 spiro atoms. The van der Waals surface area contributed by atoms with Crippen LogP contribution >= 0.6 is 0 Å². The Hall–Kier alpha value is -1.60. The molecule has 0 heterocycles. The molecule has 1 fully saturated rings. The van der Waals surface area contributed by atoms with Gasteiger partial charge in [0, 0.05) is 12.0 Å². The summed E-state index contributed by atoms with van der Waals surface area (Å²) in [5.41, 5.74) is 2.84. The Labute approximate surface area is 122 Å². The van der Waals surface area contributed by atoms with Gasteiger partial charge in [-0.1, -0.05) is 67.1 Å². The van der Waals surface area contributed by atoms with Crippen LogP contribution in [0.1, 0.15) is 36.3 Å². The van der Waals surface area contributed by atoms with Gasteiger partial charge in [-0.2, -0.15) is 0 Å². The minimum atomic E-state index is 0.452. The summed E-state index contributed by atoms with van der Waals surface area (Å²) in [5.74, 6) is 1.26. The van der Waals surface area contributed by atoms with E-state index in [0.717, 1.165) is 5.92 Å². The first-order valence-corrected chi connectivity index (χ1v) is 7.67. The van der Waals surface area contributed by atoms with E-state index in [1.807, 2.05) is 0 Å². The predicted molar refractivity (Wildman–Crippen MR) is 84.9 cm³/mol. The Balaban J connectivity index is 1.98. The maximum absolute atomic E-state index is 3.60. The van der Waals surface area contributed by atoms with Gasteiger partial charge in [-0.15, -0.1) is 0 Å². The molecule has 1 aliphatic carbocycles. The fourth-order valence-corrected chi connectivity index (χ4v) is 3.40. The van der Waals surface area contributed by atoms with Crippen molar-refractivity contribution in [2.45, 2.75) is 31.2 Å². The SMILES string of the molecule is CNC(C1CCC1)C(c1ccccc1)c1ccccc1. The van der Waals surface area contributed by atoms with Crippen LogP contribution in [0.5, 0.6) is 0 Å². The van der Waals surface area contributed by atoms with Crippen molar-refractivity contribution < 1.29 is 0 Å². The largest absolute Gasteiger partial charge is 0.316 e. The van der Waals surface area contributed by atoms with Gasteiger partial charge in [-0.25, -0.2) is 0 Å². The van der Waals surface area contributed by atoms with Crippen LogP contribution in [-0.2, 0) is 0 Å². The summed E-state index contributed by atoms with van der Waals surface area (Å²) in [6.07, 6.45) is 4.11. The van der Waals surface area contributed by atoms with E-state index in [4.69, 9.17) is 0 Å². The molecule has 2 aromatic rings. The summed E-state index contributed by atoms with van der Waals surface area (Å²) in [4.78, 5) is 0. The zero-order valence-electron chi connectivity index (χ0n) is 12.1. The lowest BCUT2D eigenvalue weighted by atomic mass is 9.71. The molecule has 1 unspecified atom stereocenters. The van der Waals surface area contributed by atoms with E-state index in [2.05, 4.69) is 73.0 Å². The summed E-state index contributed by atoms with van der Waals surface area (Å²) in [6.45, 7) is 0. The fourth-order valence-electron chi connectivity index (χ4n) is 3.40. The van der Waals surface area contributed by atoms with Gasteiger partial charge < -0.3 is 5.32 Å². The molecule has 0 amide bonds. The highest BCUT2D eigenvalue weighted by Crippen LogP contribution is 2.39. The zero-order valence-corrected chi connectivity index (χ0v) is 12.1. The van der Waals surface area contributed by atoms with Gasteiger partial charge in [0.05, 0.1) is 0 Å². The van der Waals surface area contributed by atoms with Crippen molar-refractivity contribution in [3.05, 3.63) is 71.8 Å². The molecule has 1 atom stereocenters. The maximum Gasteiger partial charge on any atom is 0.0246 e. The summed E-state index contributed by atoms with van der Waals surface area (Å²) in [6, 6.07) is 22.4. The van der Waals surface area contributed by atoms with Crippen molar-refractivity contribution in [1.82, 2.24) is 5.32 Å². The molecule has 1 N–H and O–H groups in total. The molecule has 104 valence electrons. The van der Waals surface area contributed by atoms with Crippen LogP contribution in [0.2, 0.25) is 0 Å². The van der Waals surface area contributed by atoms with Gasteiger partial charge in [0.2, 0.25) is 0 Å². The van der Waals surface area contributed by atoms with Crippen LogP contribution in [0, 0.1) is 5.92 Å². The smallest absolute Gasteiger partial charge is 0.0246 e. The van der Waals surface area contributed by atoms with E-state index >= 15 is 0 Å². The molecule has 1 aliphatic rings. The summed E-state index contributed by atoms with van der Waals surface area (Å²) in [7, 11) is 2.11. The second-order valence-electron chi connectivity index (χ2n) is 5.80. The second kappa shape index (κ2) is 6.23.